The van der Waals surface area contributed by atoms with E-state index in [1.54, 1.807) is 18.2 Å². The number of hydrogen-bond donors (Lipinski definition) is 3. The van der Waals surface area contributed by atoms with Crippen molar-refractivity contribution in [2.24, 2.45) is 5.92 Å². The average molecular weight is 495 g/mol. The number of nitrogens with zero attached hydrogens (tertiary/aromatic N) is 3. The average Bonchev–Trinajstić information content (AvgIpc) is 3.13. The molecule has 10 nitrogen and oxygen atoms in total. The van der Waals surface area contributed by atoms with Gasteiger partial charge in [0.15, 0.2) is 5.76 Å². The first-order valence-electron chi connectivity index (χ1n) is 11.1. The minimum absolute atomic E-state index is 0.0324. The summed E-state index contributed by atoms with van der Waals surface area (Å²) in [6, 6.07) is 8.39. The molecule has 1 aliphatic heterocycles. The van der Waals surface area contributed by atoms with Crippen LogP contribution >= 0.6 is 0 Å². The molecule has 35 heavy (non-hydrogen) atoms. The van der Waals surface area contributed by atoms with Gasteiger partial charge in [0.05, 0.1) is 12.5 Å². The van der Waals surface area contributed by atoms with Crippen molar-refractivity contribution in [2.45, 2.75) is 39.3 Å². The monoisotopic (exact) mass is 494 g/mol. The normalized spacial score (nSPS) is 17.8. The summed E-state index contributed by atoms with van der Waals surface area (Å²) in [5.41, 5.74) is 1.21. The van der Waals surface area contributed by atoms with Crippen molar-refractivity contribution >= 4 is 17.8 Å². The third kappa shape index (κ3) is 12.1. The molecule has 1 aromatic heterocycles. The van der Waals surface area contributed by atoms with E-state index in [1.165, 1.54) is 12.1 Å². The molecule has 0 radical (unpaired) electrons. The molecule has 2 heterocycles. The number of amides is 1. The zero-order valence-electron chi connectivity index (χ0n) is 20.8. The molecule has 2 atom stereocenters. The van der Waals surface area contributed by atoms with Crippen LogP contribution in [-0.2, 0) is 20.9 Å². The van der Waals surface area contributed by atoms with Gasteiger partial charge in [0, 0.05) is 44.6 Å². The summed E-state index contributed by atoms with van der Waals surface area (Å²) >= 11 is 0. The second kappa shape index (κ2) is 14.8. The van der Waals surface area contributed by atoms with E-state index in [9.17, 15) is 9.18 Å². The predicted molar refractivity (Wildman–Crippen MR) is 128 cm³/mol. The maximum Gasteiger partial charge on any atom is 0.300 e. The van der Waals surface area contributed by atoms with Crippen LogP contribution in [0.1, 0.15) is 32.4 Å². The second-order valence-corrected chi connectivity index (χ2v) is 8.56. The molecular formula is C24H35FN4O6. The standard InChI is InChI=1S/C20H27FN4O2.2C2H4O2/c1-24(2)17-8-7-15(12-25(3)13-17)20(26)22-11-18-10-19(23-27-18)14-5-4-6-16(21)9-14;2*1-2(3)4/h4-6,9-10,15,17H,7-8,11-13H2,1-3H3,(H,22,26);2*1H3,(H,3,4)/t15-,17+;;/m1../s1. The lowest BCUT2D eigenvalue weighted by molar-refractivity contribution is -0.135. The van der Waals surface area contributed by atoms with Crippen molar-refractivity contribution in [2.75, 3.05) is 34.2 Å². The first kappa shape index (κ1) is 29.7. The maximum atomic E-state index is 13.3. The Kier molecular flexibility index (Phi) is 12.6. The number of carboxylic acid groups (broad SMARTS) is 2. The van der Waals surface area contributed by atoms with Crippen LogP contribution in [0.3, 0.4) is 0 Å². The van der Waals surface area contributed by atoms with E-state index in [1.807, 2.05) is 0 Å². The van der Waals surface area contributed by atoms with Crippen LogP contribution in [-0.4, -0.2) is 83.3 Å². The summed E-state index contributed by atoms with van der Waals surface area (Å²) < 4.78 is 18.6. The Labute approximate surface area is 204 Å². The van der Waals surface area contributed by atoms with Gasteiger partial charge in [0.2, 0.25) is 5.91 Å². The van der Waals surface area contributed by atoms with Gasteiger partial charge < -0.3 is 29.9 Å². The minimum atomic E-state index is -0.833. The Hall–Kier alpha value is -3.31. The van der Waals surface area contributed by atoms with E-state index >= 15 is 0 Å². The van der Waals surface area contributed by atoms with Crippen molar-refractivity contribution in [3.8, 4) is 11.3 Å². The van der Waals surface area contributed by atoms with E-state index in [0.29, 0.717) is 23.1 Å². The lowest BCUT2D eigenvalue weighted by Gasteiger charge is -2.25. The van der Waals surface area contributed by atoms with Gasteiger partial charge >= 0.3 is 0 Å². The molecule has 1 fully saturated rings. The van der Waals surface area contributed by atoms with Crippen molar-refractivity contribution < 1.29 is 33.5 Å². The molecule has 3 N–H and O–H groups in total. The SMILES string of the molecule is CC(=O)O.CC(=O)O.CN1C[C@H](C(=O)NCc2cc(-c3cccc(F)c3)no2)CC[C@H](N(C)C)C1. The fourth-order valence-electron chi connectivity index (χ4n) is 3.52. The van der Waals surface area contributed by atoms with Gasteiger partial charge in [-0.1, -0.05) is 17.3 Å². The molecule has 3 rings (SSSR count). The molecule has 0 saturated carbocycles. The lowest BCUT2D eigenvalue weighted by atomic mass is 10.0. The van der Waals surface area contributed by atoms with E-state index in [4.69, 9.17) is 24.3 Å². The summed E-state index contributed by atoms with van der Waals surface area (Å²) in [6.45, 7) is 4.16. The van der Waals surface area contributed by atoms with Crippen molar-refractivity contribution in [3.63, 3.8) is 0 Å². The number of aliphatic carboxylic acids is 2. The van der Waals surface area contributed by atoms with Crippen LogP contribution in [0.4, 0.5) is 4.39 Å². The van der Waals surface area contributed by atoms with Gasteiger partial charge in [-0.05, 0) is 46.1 Å². The number of carbonyl (C=O) groups is 3. The van der Waals surface area contributed by atoms with E-state index < -0.39 is 11.9 Å². The highest BCUT2D eigenvalue weighted by atomic mass is 19.1. The topological polar surface area (TPSA) is 136 Å². The maximum absolute atomic E-state index is 13.3. The van der Waals surface area contributed by atoms with Crippen LogP contribution in [0.15, 0.2) is 34.9 Å². The fraction of sp³-hybridized carbons (Fsp3) is 0.500. The highest BCUT2D eigenvalue weighted by molar-refractivity contribution is 5.78. The number of likely N-dealkylation sites (N-methyl/N-ethyl adjacent to an activating group) is 2. The minimum Gasteiger partial charge on any atom is -0.481 e. The molecule has 0 unspecified atom stereocenters. The number of rotatable bonds is 5. The Morgan fingerprint density at radius 1 is 1.14 bits per heavy atom. The number of hydrogen-bond acceptors (Lipinski definition) is 7. The zero-order chi connectivity index (χ0) is 26.5. The van der Waals surface area contributed by atoms with Crippen molar-refractivity contribution in [3.05, 3.63) is 41.9 Å². The summed E-state index contributed by atoms with van der Waals surface area (Å²) in [6.07, 6.45) is 1.87. The Morgan fingerprint density at radius 2 is 1.77 bits per heavy atom. The Bertz CT molecular complexity index is 945. The highest BCUT2D eigenvalue weighted by Gasteiger charge is 2.27. The van der Waals surface area contributed by atoms with Crippen LogP contribution in [0, 0.1) is 11.7 Å². The van der Waals surface area contributed by atoms with Crippen LogP contribution in [0.2, 0.25) is 0 Å². The highest BCUT2D eigenvalue weighted by Crippen LogP contribution is 2.21. The molecule has 1 saturated heterocycles. The number of carbonyl (C=O) groups excluding carboxylic acids is 1. The van der Waals surface area contributed by atoms with Gasteiger partial charge in [-0.3, -0.25) is 14.4 Å². The van der Waals surface area contributed by atoms with Gasteiger partial charge in [0.25, 0.3) is 11.9 Å². The van der Waals surface area contributed by atoms with Crippen LogP contribution in [0.5, 0.6) is 0 Å². The van der Waals surface area contributed by atoms with Crippen molar-refractivity contribution in [1.82, 2.24) is 20.3 Å². The van der Waals surface area contributed by atoms with Gasteiger partial charge in [-0.25, -0.2) is 4.39 Å². The summed E-state index contributed by atoms with van der Waals surface area (Å²) in [7, 11) is 6.22. The van der Waals surface area contributed by atoms with Crippen LogP contribution in [0.25, 0.3) is 11.3 Å². The molecule has 0 spiro atoms. The first-order chi connectivity index (χ1) is 16.4. The molecule has 11 heteroatoms. The van der Waals surface area contributed by atoms with Crippen LogP contribution < -0.4 is 5.32 Å². The molecule has 0 bridgehead atoms. The fourth-order valence-corrected chi connectivity index (χ4v) is 3.52. The third-order valence-electron chi connectivity index (χ3n) is 5.12. The lowest BCUT2D eigenvalue weighted by Crippen LogP contribution is -2.39. The summed E-state index contributed by atoms with van der Waals surface area (Å²) in [4.78, 5) is 35.0. The molecule has 2 aromatic rings. The zero-order valence-corrected chi connectivity index (χ0v) is 20.8. The van der Waals surface area contributed by atoms with Gasteiger partial charge in [0.1, 0.15) is 11.5 Å². The number of likely N-dealkylation sites (tertiary alicyclic amines) is 1. The molecule has 1 aromatic carbocycles. The molecular weight excluding hydrogens is 459 g/mol. The largest absolute Gasteiger partial charge is 0.481 e. The number of halogens is 1. The van der Waals surface area contributed by atoms with Gasteiger partial charge in [-0.15, -0.1) is 0 Å². The Balaban J connectivity index is 0.000000668. The summed E-state index contributed by atoms with van der Waals surface area (Å²) in [5, 5.41) is 21.8. The quantitative estimate of drug-likeness (QED) is 0.573. The molecule has 1 amide bonds. The van der Waals surface area contributed by atoms with Crippen molar-refractivity contribution in [1.29, 1.82) is 0 Å². The van der Waals surface area contributed by atoms with E-state index in [2.05, 4.69) is 41.4 Å². The van der Waals surface area contributed by atoms with E-state index in [0.717, 1.165) is 39.8 Å². The number of benzene rings is 1. The first-order valence-corrected chi connectivity index (χ1v) is 11.1. The smallest absolute Gasteiger partial charge is 0.300 e. The third-order valence-corrected chi connectivity index (χ3v) is 5.12. The molecule has 1 aliphatic rings. The van der Waals surface area contributed by atoms with E-state index in [-0.39, 0.29) is 24.2 Å². The molecule has 0 aliphatic carbocycles. The van der Waals surface area contributed by atoms with Gasteiger partial charge in [-0.2, -0.15) is 0 Å². The predicted octanol–water partition coefficient (Wildman–Crippen LogP) is 2.55. The molecule has 194 valence electrons. The number of aromatic nitrogens is 1. The number of carboxylic acids is 2. The second-order valence-electron chi connectivity index (χ2n) is 8.56. The number of nitrogens with one attached hydrogen (secondary N) is 1. The summed E-state index contributed by atoms with van der Waals surface area (Å²) in [5.74, 6) is -1.44. The Morgan fingerprint density at radius 3 is 2.34 bits per heavy atom.